The number of rotatable bonds is 1. The van der Waals surface area contributed by atoms with Crippen LogP contribution in [0.5, 0.6) is 0 Å². The van der Waals surface area contributed by atoms with Gasteiger partial charge in [-0.25, -0.2) is 9.59 Å². The second kappa shape index (κ2) is 5.54. The first-order chi connectivity index (χ1) is 10.1. The fourth-order valence-corrected chi connectivity index (χ4v) is 3.72. The van der Waals surface area contributed by atoms with E-state index in [2.05, 4.69) is 5.32 Å². The number of amides is 3. The molecule has 3 aliphatic heterocycles. The van der Waals surface area contributed by atoms with Gasteiger partial charge in [0.25, 0.3) is 0 Å². The maximum absolute atomic E-state index is 12.6. The zero-order chi connectivity index (χ0) is 15.0. The van der Waals surface area contributed by atoms with Crippen molar-refractivity contribution in [3.8, 4) is 0 Å². The highest BCUT2D eigenvalue weighted by molar-refractivity contribution is 5.83. The van der Waals surface area contributed by atoms with Crippen LogP contribution >= 0.6 is 0 Å². The van der Waals surface area contributed by atoms with Gasteiger partial charge in [-0.2, -0.15) is 0 Å². The van der Waals surface area contributed by atoms with E-state index in [0.29, 0.717) is 38.4 Å². The zero-order valence-corrected chi connectivity index (χ0v) is 12.0. The third-order valence-electron chi connectivity index (χ3n) is 4.88. The van der Waals surface area contributed by atoms with Crippen LogP contribution in [-0.4, -0.2) is 64.5 Å². The van der Waals surface area contributed by atoms with Gasteiger partial charge in [-0.1, -0.05) is 0 Å². The summed E-state index contributed by atoms with van der Waals surface area (Å²) in [6.45, 7) is 1.73. The van der Waals surface area contributed by atoms with Crippen molar-refractivity contribution in [1.82, 2.24) is 15.1 Å². The van der Waals surface area contributed by atoms with Crippen LogP contribution in [0.2, 0.25) is 0 Å². The normalized spacial score (nSPS) is 32.6. The Hall–Kier alpha value is -1.79. The van der Waals surface area contributed by atoms with Crippen LogP contribution in [0.15, 0.2) is 0 Å². The van der Waals surface area contributed by atoms with E-state index in [1.165, 1.54) is 4.90 Å². The SMILES string of the molecule is O=C1CCC2CN(C(=O)N3CCCC3C(=O)O)CCC2N1. The molecule has 3 heterocycles. The van der Waals surface area contributed by atoms with Crippen LogP contribution in [0.25, 0.3) is 0 Å². The molecule has 7 nitrogen and oxygen atoms in total. The van der Waals surface area contributed by atoms with Gasteiger partial charge in [0.1, 0.15) is 6.04 Å². The lowest BCUT2D eigenvalue weighted by Gasteiger charge is -2.42. The summed E-state index contributed by atoms with van der Waals surface area (Å²) in [5.74, 6) is -0.520. The van der Waals surface area contributed by atoms with Gasteiger partial charge in [0.2, 0.25) is 5.91 Å². The molecule has 3 amide bonds. The summed E-state index contributed by atoms with van der Waals surface area (Å²) >= 11 is 0. The van der Waals surface area contributed by atoms with E-state index in [1.54, 1.807) is 4.90 Å². The molecule has 116 valence electrons. The number of hydrogen-bond acceptors (Lipinski definition) is 3. The van der Waals surface area contributed by atoms with Gasteiger partial charge >= 0.3 is 12.0 Å². The van der Waals surface area contributed by atoms with E-state index in [0.717, 1.165) is 19.3 Å². The molecule has 0 aromatic rings. The van der Waals surface area contributed by atoms with Crippen molar-refractivity contribution in [2.45, 2.75) is 44.2 Å². The summed E-state index contributed by atoms with van der Waals surface area (Å²) in [5.41, 5.74) is 0. The van der Waals surface area contributed by atoms with Gasteiger partial charge in [0.15, 0.2) is 0 Å². The number of carbonyl (C=O) groups is 3. The minimum atomic E-state index is -0.916. The lowest BCUT2D eigenvalue weighted by molar-refractivity contribution is -0.141. The van der Waals surface area contributed by atoms with Crippen LogP contribution in [-0.2, 0) is 9.59 Å². The smallest absolute Gasteiger partial charge is 0.326 e. The van der Waals surface area contributed by atoms with Gasteiger partial charge in [0, 0.05) is 32.1 Å². The number of aliphatic carboxylic acids is 1. The van der Waals surface area contributed by atoms with Gasteiger partial charge in [-0.15, -0.1) is 0 Å². The summed E-state index contributed by atoms with van der Waals surface area (Å²) in [6.07, 6.45) is 3.37. The number of carboxylic acids is 1. The van der Waals surface area contributed by atoms with Gasteiger partial charge in [0.05, 0.1) is 0 Å². The molecule has 0 aromatic heterocycles. The molecular weight excluding hydrogens is 274 g/mol. The number of nitrogens with zero attached hydrogens (tertiary/aromatic N) is 2. The largest absolute Gasteiger partial charge is 0.480 e. The van der Waals surface area contributed by atoms with Crippen LogP contribution in [0, 0.1) is 5.92 Å². The molecule has 3 unspecified atom stereocenters. The van der Waals surface area contributed by atoms with Crippen molar-refractivity contribution in [1.29, 1.82) is 0 Å². The standard InChI is InChI=1S/C14H21N3O4/c18-12-4-3-9-8-16(7-5-10(9)15-12)14(21)17-6-1-2-11(17)13(19)20/h9-11H,1-8H2,(H,15,18)(H,19,20). The topological polar surface area (TPSA) is 90.0 Å². The van der Waals surface area contributed by atoms with Crippen molar-refractivity contribution in [3.63, 3.8) is 0 Å². The lowest BCUT2D eigenvalue weighted by Crippen LogP contribution is -2.58. The highest BCUT2D eigenvalue weighted by atomic mass is 16.4. The molecule has 0 bridgehead atoms. The Balaban J connectivity index is 1.64. The summed E-state index contributed by atoms with van der Waals surface area (Å²) in [7, 11) is 0. The molecule has 0 spiro atoms. The summed E-state index contributed by atoms with van der Waals surface area (Å²) < 4.78 is 0. The fourth-order valence-electron chi connectivity index (χ4n) is 3.72. The van der Waals surface area contributed by atoms with Gasteiger partial charge in [-0.3, -0.25) is 4.79 Å². The Morgan fingerprint density at radius 1 is 1.19 bits per heavy atom. The Bertz CT molecular complexity index is 467. The summed E-state index contributed by atoms with van der Waals surface area (Å²) in [5, 5.41) is 12.2. The number of hydrogen-bond donors (Lipinski definition) is 2. The minimum Gasteiger partial charge on any atom is -0.480 e. The molecule has 21 heavy (non-hydrogen) atoms. The quantitative estimate of drug-likeness (QED) is 0.726. The number of piperidine rings is 2. The Morgan fingerprint density at radius 3 is 2.76 bits per heavy atom. The molecule has 7 heteroatoms. The van der Waals surface area contributed by atoms with E-state index < -0.39 is 12.0 Å². The number of urea groups is 1. The Kier molecular flexibility index (Phi) is 3.73. The van der Waals surface area contributed by atoms with Gasteiger partial charge < -0.3 is 20.2 Å². The van der Waals surface area contributed by atoms with E-state index in [9.17, 15) is 19.5 Å². The van der Waals surface area contributed by atoms with Crippen molar-refractivity contribution in [2.75, 3.05) is 19.6 Å². The minimum absolute atomic E-state index is 0.0986. The predicted molar refractivity (Wildman–Crippen MR) is 73.6 cm³/mol. The van der Waals surface area contributed by atoms with Crippen LogP contribution in [0.4, 0.5) is 4.79 Å². The molecule has 3 fully saturated rings. The molecule has 0 aliphatic carbocycles. The van der Waals surface area contributed by atoms with Gasteiger partial charge in [-0.05, 0) is 31.6 Å². The second-order valence-electron chi connectivity index (χ2n) is 6.18. The maximum atomic E-state index is 12.6. The lowest BCUT2D eigenvalue weighted by atomic mass is 9.85. The first-order valence-corrected chi connectivity index (χ1v) is 7.64. The first kappa shape index (κ1) is 14.2. The number of fused-ring (bicyclic) bond motifs is 1. The third kappa shape index (κ3) is 2.69. The zero-order valence-electron chi connectivity index (χ0n) is 12.0. The highest BCUT2D eigenvalue weighted by Gasteiger charge is 2.40. The average molecular weight is 295 g/mol. The third-order valence-corrected chi connectivity index (χ3v) is 4.88. The summed E-state index contributed by atoms with van der Waals surface area (Å²) in [4.78, 5) is 38.4. The van der Waals surface area contributed by atoms with E-state index >= 15 is 0 Å². The van der Waals surface area contributed by atoms with Crippen molar-refractivity contribution >= 4 is 17.9 Å². The molecular formula is C14H21N3O4. The van der Waals surface area contributed by atoms with Crippen LogP contribution in [0.3, 0.4) is 0 Å². The van der Waals surface area contributed by atoms with E-state index in [-0.39, 0.29) is 18.0 Å². The van der Waals surface area contributed by atoms with Crippen molar-refractivity contribution < 1.29 is 19.5 Å². The Labute approximate surface area is 123 Å². The molecule has 0 saturated carbocycles. The number of carbonyl (C=O) groups excluding carboxylic acids is 2. The number of carboxylic acid groups (broad SMARTS) is 1. The molecule has 0 radical (unpaired) electrons. The Morgan fingerprint density at radius 2 is 2.00 bits per heavy atom. The molecule has 3 saturated heterocycles. The molecule has 3 aliphatic rings. The molecule has 0 aromatic carbocycles. The summed E-state index contributed by atoms with van der Waals surface area (Å²) in [6, 6.07) is -0.666. The van der Waals surface area contributed by atoms with E-state index in [1.807, 2.05) is 0 Å². The molecule has 3 atom stereocenters. The van der Waals surface area contributed by atoms with Crippen molar-refractivity contribution in [2.24, 2.45) is 5.92 Å². The first-order valence-electron chi connectivity index (χ1n) is 7.64. The van der Waals surface area contributed by atoms with E-state index in [4.69, 9.17) is 0 Å². The second-order valence-corrected chi connectivity index (χ2v) is 6.18. The highest BCUT2D eigenvalue weighted by Crippen LogP contribution is 2.27. The molecule has 2 N–H and O–H groups in total. The maximum Gasteiger partial charge on any atom is 0.326 e. The van der Waals surface area contributed by atoms with Crippen molar-refractivity contribution in [3.05, 3.63) is 0 Å². The average Bonchev–Trinajstić information content (AvgIpc) is 2.95. The predicted octanol–water partition coefficient (Wildman–Crippen LogP) is 0.256. The number of nitrogens with one attached hydrogen (secondary N) is 1. The van der Waals surface area contributed by atoms with Crippen LogP contribution in [0.1, 0.15) is 32.1 Å². The monoisotopic (exact) mass is 295 g/mol. The van der Waals surface area contributed by atoms with Crippen LogP contribution < -0.4 is 5.32 Å². The molecule has 3 rings (SSSR count). The number of likely N-dealkylation sites (tertiary alicyclic amines) is 2. The fraction of sp³-hybridized carbons (Fsp3) is 0.786.